The van der Waals surface area contributed by atoms with Gasteiger partial charge in [0.2, 0.25) is 5.75 Å². The highest BCUT2D eigenvalue weighted by molar-refractivity contribution is 5.98. The standard InChI is InChI=1S/C16H15NO4/c1-17-11-7-5-4-6-9(11)14(18)10-8-12(20-2)16(21-3)15(19)13(10)17/h4-8,19H,1-3H3. The second-order valence-corrected chi connectivity index (χ2v) is 4.76. The minimum Gasteiger partial charge on any atom is -0.503 e. The fourth-order valence-electron chi connectivity index (χ4n) is 2.70. The van der Waals surface area contributed by atoms with E-state index >= 15 is 0 Å². The molecule has 21 heavy (non-hydrogen) atoms. The lowest BCUT2D eigenvalue weighted by atomic mass is 10.1. The number of fused-ring (bicyclic) bond motifs is 2. The van der Waals surface area contributed by atoms with E-state index < -0.39 is 0 Å². The molecule has 108 valence electrons. The van der Waals surface area contributed by atoms with Gasteiger partial charge in [0.1, 0.15) is 0 Å². The Balaban J connectivity index is 2.63. The van der Waals surface area contributed by atoms with Crippen LogP contribution in [0.3, 0.4) is 0 Å². The molecule has 0 saturated carbocycles. The lowest BCUT2D eigenvalue weighted by molar-refractivity contribution is 0.335. The van der Waals surface area contributed by atoms with Crippen molar-refractivity contribution < 1.29 is 14.6 Å². The molecule has 0 aliphatic carbocycles. The summed E-state index contributed by atoms with van der Waals surface area (Å²) in [5, 5.41) is 11.5. The van der Waals surface area contributed by atoms with Gasteiger partial charge in [-0.2, -0.15) is 0 Å². The minimum atomic E-state index is -0.144. The fourth-order valence-corrected chi connectivity index (χ4v) is 2.70. The summed E-state index contributed by atoms with van der Waals surface area (Å²) in [6, 6.07) is 8.88. The largest absolute Gasteiger partial charge is 0.503 e. The van der Waals surface area contributed by atoms with Gasteiger partial charge in [-0.15, -0.1) is 0 Å². The molecule has 2 aromatic carbocycles. The highest BCUT2D eigenvalue weighted by Gasteiger charge is 2.19. The van der Waals surface area contributed by atoms with Crippen molar-refractivity contribution in [1.82, 2.24) is 4.57 Å². The lowest BCUT2D eigenvalue weighted by Gasteiger charge is -2.16. The van der Waals surface area contributed by atoms with Crippen molar-refractivity contribution in [3.8, 4) is 17.2 Å². The van der Waals surface area contributed by atoms with Crippen molar-refractivity contribution in [3.05, 3.63) is 40.6 Å². The van der Waals surface area contributed by atoms with Crippen molar-refractivity contribution in [2.75, 3.05) is 14.2 Å². The molecular formula is C16H15NO4. The van der Waals surface area contributed by atoms with Crippen LogP contribution in [0.4, 0.5) is 0 Å². The summed E-state index contributed by atoms with van der Waals surface area (Å²) >= 11 is 0. The van der Waals surface area contributed by atoms with Crippen LogP contribution in [0.2, 0.25) is 0 Å². The van der Waals surface area contributed by atoms with E-state index in [4.69, 9.17) is 9.47 Å². The van der Waals surface area contributed by atoms with E-state index in [0.29, 0.717) is 22.0 Å². The van der Waals surface area contributed by atoms with Crippen LogP contribution in [0.15, 0.2) is 35.1 Å². The zero-order valence-corrected chi connectivity index (χ0v) is 12.0. The van der Waals surface area contributed by atoms with Gasteiger partial charge in [-0.05, 0) is 18.2 Å². The molecule has 3 rings (SSSR count). The molecule has 3 aromatic rings. The number of pyridine rings is 1. The number of aromatic hydroxyl groups is 1. The summed E-state index contributed by atoms with van der Waals surface area (Å²) in [4.78, 5) is 12.6. The van der Waals surface area contributed by atoms with Crippen molar-refractivity contribution >= 4 is 21.8 Å². The number of ether oxygens (including phenoxy) is 2. The summed E-state index contributed by atoms with van der Waals surface area (Å²) in [5.74, 6) is 0.447. The third-order valence-electron chi connectivity index (χ3n) is 3.71. The first-order chi connectivity index (χ1) is 10.1. The number of nitrogens with zero attached hydrogens (tertiary/aromatic N) is 1. The molecule has 5 nitrogen and oxygen atoms in total. The Bertz CT molecular complexity index is 912. The van der Waals surface area contributed by atoms with E-state index in [-0.39, 0.29) is 16.9 Å². The molecule has 0 fully saturated rings. The average molecular weight is 285 g/mol. The number of phenols is 1. The maximum absolute atomic E-state index is 12.6. The predicted molar refractivity (Wildman–Crippen MR) is 81.5 cm³/mol. The number of aromatic nitrogens is 1. The van der Waals surface area contributed by atoms with Crippen LogP contribution >= 0.6 is 0 Å². The van der Waals surface area contributed by atoms with Gasteiger partial charge in [-0.1, -0.05) is 12.1 Å². The van der Waals surface area contributed by atoms with E-state index in [2.05, 4.69) is 0 Å². The molecule has 0 aliphatic heterocycles. The van der Waals surface area contributed by atoms with Crippen molar-refractivity contribution in [2.24, 2.45) is 7.05 Å². The first kappa shape index (κ1) is 13.3. The summed E-state index contributed by atoms with van der Waals surface area (Å²) in [6.45, 7) is 0. The third kappa shape index (κ3) is 1.74. The number of phenolic OH excluding ortho intramolecular Hbond substituents is 1. The zero-order valence-electron chi connectivity index (χ0n) is 12.0. The molecule has 1 aromatic heterocycles. The number of hydrogen-bond acceptors (Lipinski definition) is 4. The molecule has 0 amide bonds. The van der Waals surface area contributed by atoms with Crippen LogP contribution in [0.25, 0.3) is 21.8 Å². The Morgan fingerprint density at radius 1 is 1.10 bits per heavy atom. The Hall–Kier alpha value is -2.69. The van der Waals surface area contributed by atoms with E-state index in [9.17, 15) is 9.90 Å². The second kappa shape index (κ2) is 4.70. The molecule has 0 radical (unpaired) electrons. The van der Waals surface area contributed by atoms with Crippen LogP contribution in [0.5, 0.6) is 17.2 Å². The zero-order chi connectivity index (χ0) is 15.1. The number of rotatable bonds is 2. The Kier molecular flexibility index (Phi) is 2.97. The molecule has 1 N–H and O–H groups in total. The van der Waals surface area contributed by atoms with E-state index in [1.807, 2.05) is 18.2 Å². The number of benzene rings is 2. The van der Waals surface area contributed by atoms with Gasteiger partial charge in [0.25, 0.3) is 0 Å². The highest BCUT2D eigenvalue weighted by Crippen LogP contribution is 2.42. The summed E-state index contributed by atoms with van der Waals surface area (Å²) in [6.07, 6.45) is 0. The summed E-state index contributed by atoms with van der Waals surface area (Å²) < 4.78 is 12.2. The first-order valence-electron chi connectivity index (χ1n) is 6.45. The number of methoxy groups -OCH3 is 2. The molecule has 0 aliphatic rings. The number of aryl methyl sites for hydroxylation is 1. The average Bonchev–Trinajstić information content (AvgIpc) is 2.51. The van der Waals surface area contributed by atoms with Crippen molar-refractivity contribution in [1.29, 1.82) is 0 Å². The number of hydrogen-bond donors (Lipinski definition) is 1. The molecule has 0 unspecified atom stereocenters. The maximum Gasteiger partial charge on any atom is 0.205 e. The van der Waals surface area contributed by atoms with Crippen LogP contribution in [-0.2, 0) is 7.05 Å². The third-order valence-corrected chi connectivity index (χ3v) is 3.71. The molecule has 1 heterocycles. The normalized spacial score (nSPS) is 11.0. The summed E-state index contributed by atoms with van der Waals surface area (Å²) in [5.41, 5.74) is 1.03. The topological polar surface area (TPSA) is 60.7 Å². The van der Waals surface area contributed by atoms with Gasteiger partial charge in [0.05, 0.1) is 30.6 Å². The Morgan fingerprint density at radius 2 is 1.81 bits per heavy atom. The van der Waals surface area contributed by atoms with Crippen LogP contribution in [0.1, 0.15) is 0 Å². The summed E-state index contributed by atoms with van der Waals surface area (Å²) in [7, 11) is 4.72. The minimum absolute atomic E-state index is 0.0998. The molecular weight excluding hydrogens is 270 g/mol. The van der Waals surface area contributed by atoms with Crippen LogP contribution < -0.4 is 14.9 Å². The lowest BCUT2D eigenvalue weighted by Crippen LogP contribution is -2.10. The van der Waals surface area contributed by atoms with E-state index in [0.717, 1.165) is 5.52 Å². The van der Waals surface area contributed by atoms with Crippen LogP contribution in [-0.4, -0.2) is 23.9 Å². The van der Waals surface area contributed by atoms with Gasteiger partial charge < -0.3 is 19.1 Å². The first-order valence-corrected chi connectivity index (χ1v) is 6.45. The van der Waals surface area contributed by atoms with Gasteiger partial charge in [-0.3, -0.25) is 4.79 Å². The molecule has 0 atom stereocenters. The van der Waals surface area contributed by atoms with Gasteiger partial charge in [-0.25, -0.2) is 0 Å². The molecule has 0 saturated heterocycles. The molecule has 0 bridgehead atoms. The second-order valence-electron chi connectivity index (χ2n) is 4.76. The molecule has 0 spiro atoms. The van der Waals surface area contributed by atoms with E-state index in [1.165, 1.54) is 14.2 Å². The van der Waals surface area contributed by atoms with E-state index in [1.54, 1.807) is 23.7 Å². The van der Waals surface area contributed by atoms with Gasteiger partial charge >= 0.3 is 0 Å². The van der Waals surface area contributed by atoms with Crippen molar-refractivity contribution in [2.45, 2.75) is 0 Å². The monoisotopic (exact) mass is 285 g/mol. The van der Waals surface area contributed by atoms with Gasteiger partial charge in [0, 0.05) is 12.4 Å². The predicted octanol–water partition coefficient (Wildman–Crippen LogP) is 2.41. The Labute approximate surface area is 121 Å². The maximum atomic E-state index is 12.6. The highest BCUT2D eigenvalue weighted by atomic mass is 16.5. The number of para-hydroxylation sites is 1. The SMILES string of the molecule is COc1cc2c(=O)c3ccccc3n(C)c2c(O)c1OC. The van der Waals surface area contributed by atoms with Crippen molar-refractivity contribution in [3.63, 3.8) is 0 Å². The Morgan fingerprint density at radius 3 is 2.48 bits per heavy atom. The van der Waals surface area contributed by atoms with Gasteiger partial charge in [0.15, 0.2) is 16.9 Å². The molecule has 5 heteroatoms. The quantitative estimate of drug-likeness (QED) is 0.735. The fraction of sp³-hybridized carbons (Fsp3) is 0.188. The smallest absolute Gasteiger partial charge is 0.205 e. The van der Waals surface area contributed by atoms with Crippen LogP contribution in [0, 0.1) is 0 Å².